The molecule has 0 atom stereocenters. The number of likely N-dealkylation sites (N-methyl/N-ethyl adjacent to an activating group) is 1. The fourth-order valence-corrected chi connectivity index (χ4v) is 6.64. The van der Waals surface area contributed by atoms with Crippen molar-refractivity contribution in [3.63, 3.8) is 0 Å². The molecule has 4 N–H and O–H groups in total. The molecule has 41 heavy (non-hydrogen) atoms. The molecule has 1 aliphatic carbocycles. The molecule has 1 aliphatic heterocycles. The summed E-state index contributed by atoms with van der Waals surface area (Å²) in [5.41, 5.74) is 2.68. The average molecular weight is 621 g/mol. The molecule has 15 heteroatoms. The van der Waals surface area contributed by atoms with Crippen molar-refractivity contribution in [3.8, 4) is 0 Å². The Morgan fingerprint density at radius 1 is 0.902 bits per heavy atom. The summed E-state index contributed by atoms with van der Waals surface area (Å²) in [7, 11) is -4.93. The largest absolute Gasteiger partial charge is 0.369 e. The van der Waals surface area contributed by atoms with Gasteiger partial charge in [0, 0.05) is 25.3 Å². The van der Waals surface area contributed by atoms with E-state index in [4.69, 9.17) is 11.6 Å². The Labute approximate surface area is 245 Å². The number of rotatable bonds is 10. The van der Waals surface area contributed by atoms with Gasteiger partial charge in [0.25, 0.3) is 0 Å². The second-order valence-corrected chi connectivity index (χ2v) is 14.4. The zero-order chi connectivity index (χ0) is 29.2. The van der Waals surface area contributed by atoms with Crippen molar-refractivity contribution in [2.75, 3.05) is 64.5 Å². The van der Waals surface area contributed by atoms with E-state index in [0.29, 0.717) is 35.6 Å². The van der Waals surface area contributed by atoms with Crippen LogP contribution in [0.1, 0.15) is 19.3 Å². The number of anilines is 7. The molecule has 0 bridgehead atoms. The van der Waals surface area contributed by atoms with Crippen molar-refractivity contribution >= 4 is 71.9 Å². The molecule has 2 aliphatic rings. The minimum absolute atomic E-state index is 0.211. The molecule has 12 nitrogen and oxygen atoms in total. The second-order valence-electron chi connectivity index (χ2n) is 10.3. The van der Waals surface area contributed by atoms with E-state index in [1.54, 1.807) is 30.3 Å². The van der Waals surface area contributed by atoms with Crippen LogP contribution in [0.5, 0.6) is 0 Å². The maximum absolute atomic E-state index is 12.5. The molecule has 0 unspecified atom stereocenters. The minimum Gasteiger partial charge on any atom is -0.369 e. The average Bonchev–Trinajstić information content (AvgIpc) is 3.76. The summed E-state index contributed by atoms with van der Waals surface area (Å²) in [4.78, 5) is 13.2. The summed E-state index contributed by atoms with van der Waals surface area (Å²) < 4.78 is 54.7. The van der Waals surface area contributed by atoms with Crippen LogP contribution in [0.2, 0.25) is 5.02 Å². The number of hydrogen-bond acceptors (Lipinski definition) is 10. The Balaban J connectivity index is 1.38. The van der Waals surface area contributed by atoms with Gasteiger partial charge < -0.3 is 20.4 Å². The predicted octanol–water partition coefficient (Wildman–Crippen LogP) is 4.03. The van der Waals surface area contributed by atoms with Gasteiger partial charge in [0.1, 0.15) is 5.02 Å². The molecular weight excluding hydrogens is 588 g/mol. The standard InChI is InChI=1S/C26H33ClN8O4S2/c1-34-12-5-13-35(15-14-34)24-11-8-18(16-23(24)32-40(2,36)37)29-26-28-17-20(27)25(31-26)30-21-6-3-4-7-22(21)33-41(38,39)19-9-10-19/h3-4,6-8,11,16-17,19,32-33H,5,9-10,12-15H2,1-2H3,(H2,28,29,30,31). The maximum atomic E-state index is 12.5. The molecule has 1 aromatic heterocycles. The summed E-state index contributed by atoms with van der Waals surface area (Å²) in [6.07, 6.45) is 4.81. The molecule has 2 aromatic carbocycles. The highest BCUT2D eigenvalue weighted by atomic mass is 35.5. The molecule has 220 valence electrons. The Morgan fingerprint density at radius 2 is 1.66 bits per heavy atom. The lowest BCUT2D eigenvalue weighted by Crippen LogP contribution is -2.29. The first-order chi connectivity index (χ1) is 19.5. The molecule has 3 aromatic rings. The van der Waals surface area contributed by atoms with Crippen molar-refractivity contribution in [1.29, 1.82) is 0 Å². The first kappa shape index (κ1) is 29.2. The van der Waals surface area contributed by atoms with E-state index < -0.39 is 20.0 Å². The maximum Gasteiger partial charge on any atom is 0.235 e. The highest BCUT2D eigenvalue weighted by molar-refractivity contribution is 7.93. The van der Waals surface area contributed by atoms with Crippen LogP contribution >= 0.6 is 11.6 Å². The zero-order valence-corrected chi connectivity index (χ0v) is 25.2. The number of sulfonamides is 2. The molecule has 5 rings (SSSR count). The summed E-state index contributed by atoms with van der Waals surface area (Å²) in [5.74, 6) is 0.476. The topological polar surface area (TPSA) is 149 Å². The molecule has 2 fully saturated rings. The van der Waals surface area contributed by atoms with Crippen molar-refractivity contribution in [2.45, 2.75) is 24.5 Å². The van der Waals surface area contributed by atoms with Crippen LogP contribution in [0.4, 0.5) is 40.2 Å². The summed E-state index contributed by atoms with van der Waals surface area (Å²) in [6.45, 7) is 3.43. The SMILES string of the molecule is CN1CCCN(c2ccc(Nc3ncc(Cl)c(Nc4ccccc4NS(=O)(=O)C4CC4)n3)cc2NS(C)(=O)=O)CC1. The lowest BCUT2D eigenvalue weighted by atomic mass is 10.2. The van der Waals surface area contributed by atoms with Crippen LogP contribution in [0.25, 0.3) is 0 Å². The van der Waals surface area contributed by atoms with Gasteiger partial charge in [0.2, 0.25) is 26.0 Å². The van der Waals surface area contributed by atoms with Crippen molar-refractivity contribution in [3.05, 3.63) is 53.7 Å². The van der Waals surface area contributed by atoms with E-state index in [1.807, 2.05) is 12.1 Å². The zero-order valence-electron chi connectivity index (χ0n) is 22.8. The Bertz CT molecular complexity index is 1630. The van der Waals surface area contributed by atoms with E-state index in [0.717, 1.165) is 44.5 Å². The van der Waals surface area contributed by atoms with Crippen molar-refractivity contribution < 1.29 is 16.8 Å². The first-order valence-electron chi connectivity index (χ1n) is 13.2. The van der Waals surface area contributed by atoms with Crippen LogP contribution in [0, 0.1) is 0 Å². The smallest absolute Gasteiger partial charge is 0.235 e. The number of nitrogens with one attached hydrogen (secondary N) is 4. The third-order valence-electron chi connectivity index (χ3n) is 6.75. The van der Waals surface area contributed by atoms with Gasteiger partial charge in [-0.3, -0.25) is 9.44 Å². The lowest BCUT2D eigenvalue weighted by molar-refractivity contribution is 0.360. The van der Waals surface area contributed by atoms with Gasteiger partial charge in [-0.05, 0) is 63.2 Å². The van der Waals surface area contributed by atoms with E-state index >= 15 is 0 Å². The number of nitrogens with zero attached hydrogens (tertiary/aromatic N) is 4. The van der Waals surface area contributed by atoms with Crippen LogP contribution in [-0.2, 0) is 20.0 Å². The number of hydrogen-bond donors (Lipinski definition) is 4. The van der Waals surface area contributed by atoms with Gasteiger partial charge in [-0.25, -0.2) is 21.8 Å². The van der Waals surface area contributed by atoms with Gasteiger partial charge in [-0.15, -0.1) is 0 Å². The van der Waals surface area contributed by atoms with Gasteiger partial charge in [-0.2, -0.15) is 4.98 Å². The van der Waals surface area contributed by atoms with Crippen molar-refractivity contribution in [1.82, 2.24) is 14.9 Å². The number of benzene rings is 2. The van der Waals surface area contributed by atoms with Crippen LogP contribution in [0.15, 0.2) is 48.7 Å². The fraction of sp³-hybridized carbons (Fsp3) is 0.385. The summed E-state index contributed by atoms with van der Waals surface area (Å²) in [5, 5.41) is 6.08. The molecular formula is C26H33ClN8O4S2. The molecule has 2 heterocycles. The predicted molar refractivity (Wildman–Crippen MR) is 165 cm³/mol. The van der Waals surface area contributed by atoms with Gasteiger partial charge in [0.15, 0.2) is 5.82 Å². The van der Waals surface area contributed by atoms with Gasteiger partial charge in [-0.1, -0.05) is 23.7 Å². The monoisotopic (exact) mass is 620 g/mol. The molecule has 0 radical (unpaired) electrons. The van der Waals surface area contributed by atoms with E-state index in [-0.39, 0.29) is 22.0 Å². The summed E-state index contributed by atoms with van der Waals surface area (Å²) >= 11 is 6.38. The summed E-state index contributed by atoms with van der Waals surface area (Å²) in [6, 6.07) is 12.3. The molecule has 0 spiro atoms. The van der Waals surface area contributed by atoms with Crippen LogP contribution in [0.3, 0.4) is 0 Å². The quantitative estimate of drug-likeness (QED) is 0.262. The van der Waals surface area contributed by atoms with Gasteiger partial charge in [0.05, 0.1) is 40.5 Å². The Hall–Kier alpha value is -3.33. The first-order valence-corrected chi connectivity index (χ1v) is 17.0. The number of aromatic nitrogens is 2. The normalized spacial score (nSPS) is 16.6. The Morgan fingerprint density at radius 3 is 2.39 bits per heavy atom. The molecule has 1 saturated carbocycles. The van der Waals surface area contributed by atoms with Crippen molar-refractivity contribution in [2.24, 2.45) is 0 Å². The van der Waals surface area contributed by atoms with Crippen LogP contribution < -0.4 is 25.0 Å². The molecule has 1 saturated heterocycles. The lowest BCUT2D eigenvalue weighted by Gasteiger charge is -2.26. The molecule has 0 amide bonds. The highest BCUT2D eigenvalue weighted by Crippen LogP contribution is 2.35. The highest BCUT2D eigenvalue weighted by Gasteiger charge is 2.36. The van der Waals surface area contributed by atoms with E-state index in [2.05, 4.69) is 46.9 Å². The minimum atomic E-state index is -3.54. The number of halogens is 1. The fourth-order valence-electron chi connectivity index (χ4n) is 4.53. The number of para-hydroxylation sites is 2. The van der Waals surface area contributed by atoms with E-state index in [1.165, 1.54) is 6.20 Å². The van der Waals surface area contributed by atoms with Crippen LogP contribution in [-0.4, -0.2) is 76.4 Å². The van der Waals surface area contributed by atoms with E-state index in [9.17, 15) is 16.8 Å². The second kappa shape index (κ2) is 11.9. The third kappa shape index (κ3) is 7.70. The third-order valence-corrected chi connectivity index (χ3v) is 9.47. The van der Waals surface area contributed by atoms with Gasteiger partial charge >= 0.3 is 0 Å². The Kier molecular flexibility index (Phi) is 8.45.